The minimum absolute atomic E-state index is 0.129. The average molecular weight is 356 g/mol. The van der Waals surface area contributed by atoms with Gasteiger partial charge in [0.2, 0.25) is 6.23 Å². The van der Waals surface area contributed by atoms with Gasteiger partial charge in [0.1, 0.15) is 11.5 Å². The van der Waals surface area contributed by atoms with E-state index >= 15 is 0 Å². The first-order valence-corrected chi connectivity index (χ1v) is 9.14. The lowest BCUT2D eigenvalue weighted by Crippen LogP contribution is -2.33. The van der Waals surface area contributed by atoms with Crippen molar-refractivity contribution in [2.75, 3.05) is 7.11 Å². The quantitative estimate of drug-likeness (QED) is 0.667. The maximum atomic E-state index is 6.38. The van der Waals surface area contributed by atoms with Crippen molar-refractivity contribution in [1.29, 1.82) is 0 Å². The van der Waals surface area contributed by atoms with Crippen molar-refractivity contribution in [1.82, 2.24) is 5.01 Å². The molecule has 27 heavy (non-hydrogen) atoms. The van der Waals surface area contributed by atoms with Crippen molar-refractivity contribution in [2.45, 2.75) is 18.7 Å². The third-order valence-electron chi connectivity index (χ3n) is 5.19. The van der Waals surface area contributed by atoms with E-state index in [1.807, 2.05) is 36.4 Å². The zero-order chi connectivity index (χ0) is 18.2. The summed E-state index contributed by atoms with van der Waals surface area (Å²) >= 11 is 0. The SMILES string of the molecule is COc1ccc2c(c1)[C@H]1CC(c3ccccc3)=NN1[C@H](c1ccccc1)O2. The van der Waals surface area contributed by atoms with Gasteiger partial charge in [0.25, 0.3) is 0 Å². The Balaban J connectivity index is 1.61. The molecule has 134 valence electrons. The third-order valence-corrected chi connectivity index (χ3v) is 5.19. The van der Waals surface area contributed by atoms with E-state index in [4.69, 9.17) is 14.6 Å². The molecule has 2 atom stereocenters. The van der Waals surface area contributed by atoms with Crippen LogP contribution < -0.4 is 9.47 Å². The summed E-state index contributed by atoms with van der Waals surface area (Å²) in [7, 11) is 1.69. The van der Waals surface area contributed by atoms with Crippen LogP contribution in [-0.2, 0) is 0 Å². The van der Waals surface area contributed by atoms with Crippen molar-refractivity contribution in [3.05, 3.63) is 95.6 Å². The number of rotatable bonds is 3. The lowest BCUT2D eigenvalue weighted by molar-refractivity contribution is -0.0191. The molecule has 0 fully saturated rings. The van der Waals surface area contributed by atoms with Crippen LogP contribution in [0.15, 0.2) is 84.0 Å². The monoisotopic (exact) mass is 356 g/mol. The molecule has 3 aromatic carbocycles. The maximum absolute atomic E-state index is 6.38. The Labute approximate surface area is 158 Å². The number of methoxy groups -OCH3 is 1. The molecule has 0 N–H and O–H groups in total. The zero-order valence-corrected chi connectivity index (χ0v) is 15.1. The van der Waals surface area contributed by atoms with E-state index in [1.165, 1.54) is 0 Å². The maximum Gasteiger partial charge on any atom is 0.213 e. The molecule has 0 radical (unpaired) electrons. The van der Waals surface area contributed by atoms with Crippen LogP contribution in [0.25, 0.3) is 0 Å². The summed E-state index contributed by atoms with van der Waals surface area (Å²) in [6.45, 7) is 0. The van der Waals surface area contributed by atoms with Crippen LogP contribution in [0, 0.1) is 0 Å². The topological polar surface area (TPSA) is 34.1 Å². The highest BCUT2D eigenvalue weighted by molar-refractivity contribution is 6.01. The molecule has 0 saturated carbocycles. The fourth-order valence-electron chi connectivity index (χ4n) is 3.83. The summed E-state index contributed by atoms with van der Waals surface area (Å²) in [5.74, 6) is 1.74. The van der Waals surface area contributed by atoms with Crippen molar-refractivity contribution in [3.63, 3.8) is 0 Å². The number of hydrogen-bond acceptors (Lipinski definition) is 4. The van der Waals surface area contributed by atoms with Gasteiger partial charge in [0.05, 0.1) is 18.9 Å². The van der Waals surface area contributed by atoms with E-state index in [2.05, 4.69) is 47.5 Å². The first kappa shape index (κ1) is 15.9. The van der Waals surface area contributed by atoms with Gasteiger partial charge in [-0.05, 0) is 23.8 Å². The molecule has 5 rings (SSSR count). The highest BCUT2D eigenvalue weighted by atomic mass is 16.5. The predicted octanol–water partition coefficient (Wildman–Crippen LogP) is 4.94. The molecule has 4 nitrogen and oxygen atoms in total. The van der Waals surface area contributed by atoms with Gasteiger partial charge in [-0.3, -0.25) is 0 Å². The molecule has 0 unspecified atom stereocenters. The summed E-state index contributed by atoms with van der Waals surface area (Å²) in [6.07, 6.45) is 0.606. The molecule has 0 aliphatic carbocycles. The highest BCUT2D eigenvalue weighted by Crippen LogP contribution is 2.48. The van der Waals surface area contributed by atoms with Gasteiger partial charge in [-0.15, -0.1) is 0 Å². The first-order chi connectivity index (χ1) is 13.3. The second-order valence-corrected chi connectivity index (χ2v) is 6.80. The molecule has 0 spiro atoms. The molecule has 2 aliphatic rings. The van der Waals surface area contributed by atoms with Gasteiger partial charge >= 0.3 is 0 Å². The minimum Gasteiger partial charge on any atom is -0.497 e. The average Bonchev–Trinajstić information content (AvgIpc) is 3.20. The van der Waals surface area contributed by atoms with E-state index in [0.717, 1.165) is 40.3 Å². The number of hydrogen-bond donors (Lipinski definition) is 0. The number of hydrazone groups is 1. The van der Waals surface area contributed by atoms with E-state index < -0.39 is 0 Å². The van der Waals surface area contributed by atoms with Crippen LogP contribution in [0.3, 0.4) is 0 Å². The molecule has 0 amide bonds. The van der Waals surface area contributed by atoms with E-state index in [1.54, 1.807) is 7.11 Å². The molecule has 0 saturated heterocycles. The van der Waals surface area contributed by atoms with Crippen LogP contribution in [0.4, 0.5) is 0 Å². The molecule has 4 heteroatoms. The summed E-state index contributed by atoms with van der Waals surface area (Å²) in [4.78, 5) is 0. The van der Waals surface area contributed by atoms with Crippen LogP contribution in [-0.4, -0.2) is 17.8 Å². The first-order valence-electron chi connectivity index (χ1n) is 9.14. The number of nitrogens with zero attached hydrogens (tertiary/aromatic N) is 2. The zero-order valence-electron chi connectivity index (χ0n) is 15.1. The Hall–Kier alpha value is -3.27. The summed E-state index contributed by atoms with van der Waals surface area (Å²) in [5.41, 5.74) is 4.46. The van der Waals surface area contributed by atoms with Gasteiger partial charge in [0.15, 0.2) is 0 Å². The number of benzene rings is 3. The lowest BCUT2D eigenvalue weighted by Gasteiger charge is -2.38. The van der Waals surface area contributed by atoms with Crippen LogP contribution in [0.2, 0.25) is 0 Å². The summed E-state index contributed by atoms with van der Waals surface area (Å²) in [6, 6.07) is 26.8. The van der Waals surface area contributed by atoms with Crippen molar-refractivity contribution < 1.29 is 9.47 Å². The van der Waals surface area contributed by atoms with Gasteiger partial charge in [-0.25, -0.2) is 5.01 Å². The summed E-state index contributed by atoms with van der Waals surface area (Å²) < 4.78 is 11.8. The van der Waals surface area contributed by atoms with Gasteiger partial charge < -0.3 is 9.47 Å². The highest BCUT2D eigenvalue weighted by Gasteiger charge is 2.41. The molecular formula is C23H20N2O2. The van der Waals surface area contributed by atoms with Gasteiger partial charge in [0, 0.05) is 17.5 Å². The molecular weight excluding hydrogens is 336 g/mol. The number of fused-ring (bicyclic) bond motifs is 3. The predicted molar refractivity (Wildman–Crippen MR) is 105 cm³/mol. The number of ether oxygens (including phenoxy) is 2. The van der Waals surface area contributed by atoms with Crippen molar-refractivity contribution in [2.24, 2.45) is 5.10 Å². The Morgan fingerprint density at radius 2 is 1.70 bits per heavy atom. The third kappa shape index (κ3) is 2.74. The van der Waals surface area contributed by atoms with E-state index in [0.29, 0.717) is 0 Å². The Kier molecular flexibility index (Phi) is 3.82. The van der Waals surface area contributed by atoms with Gasteiger partial charge in [-0.1, -0.05) is 60.7 Å². The second-order valence-electron chi connectivity index (χ2n) is 6.80. The second kappa shape index (κ2) is 6.47. The smallest absolute Gasteiger partial charge is 0.213 e. The molecule has 2 heterocycles. The van der Waals surface area contributed by atoms with Gasteiger partial charge in [-0.2, -0.15) is 5.10 Å². The fraction of sp³-hybridized carbons (Fsp3) is 0.174. The van der Waals surface area contributed by atoms with Crippen molar-refractivity contribution in [3.8, 4) is 11.5 Å². The minimum atomic E-state index is -0.238. The fourth-order valence-corrected chi connectivity index (χ4v) is 3.83. The van der Waals surface area contributed by atoms with Crippen LogP contribution >= 0.6 is 0 Å². The Bertz CT molecular complexity index is 986. The van der Waals surface area contributed by atoms with E-state index in [-0.39, 0.29) is 12.3 Å². The van der Waals surface area contributed by atoms with E-state index in [9.17, 15) is 0 Å². The Morgan fingerprint density at radius 3 is 2.44 bits per heavy atom. The standard InChI is InChI=1S/C23H20N2O2/c1-26-18-12-13-22-19(14-18)21-15-20(16-8-4-2-5-9-16)24-25(21)23(27-22)17-10-6-3-7-11-17/h2-14,21,23H,15H2,1H3/t21-,23+/m1/s1. The molecule has 0 bridgehead atoms. The summed E-state index contributed by atoms with van der Waals surface area (Å²) in [5, 5.41) is 7.07. The normalized spacial score (nSPS) is 20.3. The molecule has 2 aliphatic heterocycles. The molecule has 0 aromatic heterocycles. The van der Waals surface area contributed by atoms with Crippen LogP contribution in [0.5, 0.6) is 11.5 Å². The molecule has 3 aromatic rings. The van der Waals surface area contributed by atoms with Crippen molar-refractivity contribution >= 4 is 5.71 Å². The van der Waals surface area contributed by atoms with Crippen LogP contribution in [0.1, 0.15) is 35.4 Å². The largest absolute Gasteiger partial charge is 0.497 e. The Morgan fingerprint density at radius 1 is 0.963 bits per heavy atom. The lowest BCUT2D eigenvalue weighted by atomic mass is 9.95.